The Morgan fingerprint density at radius 1 is 1.26 bits per heavy atom. The van der Waals surface area contributed by atoms with Crippen LogP contribution in [0.3, 0.4) is 0 Å². The molecule has 1 aromatic carbocycles. The number of H-pyrrole nitrogens is 1. The van der Waals surface area contributed by atoms with Crippen molar-refractivity contribution in [3.05, 3.63) is 51.3 Å². The van der Waals surface area contributed by atoms with Gasteiger partial charge in [-0.25, -0.2) is 8.42 Å². The number of anilines is 1. The number of hydrazone groups is 1. The molecule has 146 valence electrons. The van der Waals surface area contributed by atoms with Crippen LogP contribution in [0.2, 0.25) is 0 Å². The second-order valence-corrected chi connectivity index (χ2v) is 7.84. The summed E-state index contributed by atoms with van der Waals surface area (Å²) < 4.78 is 27.0. The molecule has 0 atom stereocenters. The van der Waals surface area contributed by atoms with Gasteiger partial charge in [0.15, 0.2) is 0 Å². The first kappa shape index (κ1) is 20.6. The molecule has 0 fully saturated rings. The third kappa shape index (κ3) is 4.52. The number of nitrogens with one attached hydrogen (secondary N) is 2. The minimum atomic E-state index is -3.90. The number of hydrogen-bond donors (Lipinski definition) is 2. The van der Waals surface area contributed by atoms with Crippen LogP contribution in [-0.4, -0.2) is 41.9 Å². The van der Waals surface area contributed by atoms with Gasteiger partial charge in [-0.3, -0.25) is 15.5 Å². The van der Waals surface area contributed by atoms with Gasteiger partial charge < -0.3 is 4.98 Å². The fourth-order valence-corrected chi connectivity index (χ4v) is 4.30. The number of nitro groups is 1. The van der Waals surface area contributed by atoms with E-state index in [4.69, 9.17) is 0 Å². The molecule has 0 aliphatic heterocycles. The summed E-state index contributed by atoms with van der Waals surface area (Å²) in [4.78, 5) is 13.4. The predicted octanol–water partition coefficient (Wildman–Crippen LogP) is 3.02. The van der Waals surface area contributed by atoms with Gasteiger partial charge in [-0.1, -0.05) is 13.8 Å². The Hall–Kier alpha value is -2.72. The van der Waals surface area contributed by atoms with E-state index in [0.29, 0.717) is 0 Å². The van der Waals surface area contributed by atoms with Gasteiger partial charge in [-0.05, 0) is 26.0 Å². The maximum absolute atomic E-state index is 12.9. The number of aromatic nitrogens is 1. The number of non-ortho nitro benzene ring substituents is 1. The average molecular weight is 393 g/mol. The van der Waals surface area contributed by atoms with Crippen molar-refractivity contribution in [2.75, 3.05) is 18.5 Å². The lowest BCUT2D eigenvalue weighted by Crippen LogP contribution is -2.31. The molecule has 0 spiro atoms. The van der Waals surface area contributed by atoms with E-state index in [1.807, 2.05) is 19.9 Å². The normalized spacial score (nSPS) is 12.0. The number of hydrogen-bond acceptors (Lipinski definition) is 6. The highest BCUT2D eigenvalue weighted by molar-refractivity contribution is 7.89. The molecule has 2 N–H and O–H groups in total. The Balaban J connectivity index is 2.43. The minimum absolute atomic E-state index is 0.175. The van der Waals surface area contributed by atoms with Crippen LogP contribution in [0.1, 0.15) is 30.8 Å². The molecule has 10 heteroatoms. The first-order valence-corrected chi connectivity index (χ1v) is 9.88. The fourth-order valence-electron chi connectivity index (χ4n) is 2.68. The van der Waals surface area contributed by atoms with E-state index in [9.17, 15) is 18.5 Å². The lowest BCUT2D eigenvalue weighted by Gasteiger charge is -2.20. The molecule has 0 aliphatic rings. The number of rotatable bonds is 8. The van der Waals surface area contributed by atoms with Crippen molar-refractivity contribution in [3.8, 4) is 0 Å². The number of nitro benzene ring substituents is 1. The number of benzene rings is 1. The van der Waals surface area contributed by atoms with Crippen molar-refractivity contribution in [2.45, 2.75) is 32.6 Å². The standard InChI is InChI=1S/C17H23N5O4S/c1-5-21(6-2)27(25,26)17-10-15(22(23)24)7-8-16(17)20-18-11-14-9-12(3)19-13(14)4/h7-11,19-20H,5-6H2,1-4H3/b18-11+. The van der Waals surface area contributed by atoms with Crippen LogP contribution < -0.4 is 5.43 Å². The highest BCUT2D eigenvalue weighted by atomic mass is 32.2. The summed E-state index contributed by atoms with van der Waals surface area (Å²) in [6, 6.07) is 5.55. The van der Waals surface area contributed by atoms with Gasteiger partial charge in [0.25, 0.3) is 5.69 Å². The summed E-state index contributed by atoms with van der Waals surface area (Å²) in [5.74, 6) is 0. The second kappa shape index (κ2) is 8.31. The molecule has 0 amide bonds. The number of sulfonamides is 1. The van der Waals surface area contributed by atoms with Crippen molar-refractivity contribution in [3.63, 3.8) is 0 Å². The van der Waals surface area contributed by atoms with E-state index >= 15 is 0 Å². The van der Waals surface area contributed by atoms with Crippen LogP contribution >= 0.6 is 0 Å². The fraction of sp³-hybridized carbons (Fsp3) is 0.353. The maximum atomic E-state index is 12.9. The van der Waals surface area contributed by atoms with Gasteiger partial charge in [0, 0.05) is 42.2 Å². The third-order valence-corrected chi connectivity index (χ3v) is 6.17. The van der Waals surface area contributed by atoms with Gasteiger partial charge in [0.05, 0.1) is 16.8 Å². The molecule has 0 saturated heterocycles. The molecule has 27 heavy (non-hydrogen) atoms. The molecule has 2 rings (SSSR count). The van der Waals surface area contributed by atoms with Crippen molar-refractivity contribution in [1.29, 1.82) is 0 Å². The van der Waals surface area contributed by atoms with E-state index in [1.165, 1.54) is 16.4 Å². The van der Waals surface area contributed by atoms with Crippen LogP contribution in [-0.2, 0) is 10.0 Å². The SMILES string of the molecule is CCN(CC)S(=O)(=O)c1cc([N+](=O)[O-])ccc1N/N=C/c1cc(C)[nH]c1C. The van der Waals surface area contributed by atoms with E-state index < -0.39 is 14.9 Å². The Labute approximate surface area is 158 Å². The smallest absolute Gasteiger partial charge is 0.270 e. The quantitative estimate of drug-likeness (QED) is 0.406. The van der Waals surface area contributed by atoms with Crippen molar-refractivity contribution < 1.29 is 13.3 Å². The van der Waals surface area contributed by atoms with Crippen LogP contribution in [0.25, 0.3) is 0 Å². The average Bonchev–Trinajstić information content (AvgIpc) is 2.93. The van der Waals surface area contributed by atoms with E-state index in [0.717, 1.165) is 23.0 Å². The first-order chi connectivity index (χ1) is 12.7. The molecular formula is C17H23N5O4S. The monoisotopic (exact) mass is 393 g/mol. The van der Waals surface area contributed by atoms with Crippen molar-refractivity contribution in [1.82, 2.24) is 9.29 Å². The van der Waals surface area contributed by atoms with Gasteiger partial charge >= 0.3 is 0 Å². The van der Waals surface area contributed by atoms with Crippen LogP contribution in [0.15, 0.2) is 34.3 Å². The zero-order chi connectivity index (χ0) is 20.2. The van der Waals surface area contributed by atoms with Crippen molar-refractivity contribution in [2.24, 2.45) is 5.10 Å². The summed E-state index contributed by atoms with van der Waals surface area (Å²) >= 11 is 0. The predicted molar refractivity (Wildman–Crippen MR) is 105 cm³/mol. The van der Waals surface area contributed by atoms with Gasteiger partial charge in [-0.15, -0.1) is 0 Å². The molecule has 1 heterocycles. The number of aromatic amines is 1. The van der Waals surface area contributed by atoms with Gasteiger partial charge in [0.1, 0.15) is 4.90 Å². The molecule has 1 aromatic heterocycles. The zero-order valence-corrected chi connectivity index (χ0v) is 16.5. The van der Waals surface area contributed by atoms with E-state index in [1.54, 1.807) is 20.1 Å². The maximum Gasteiger partial charge on any atom is 0.270 e. The lowest BCUT2D eigenvalue weighted by molar-refractivity contribution is -0.385. The highest BCUT2D eigenvalue weighted by Gasteiger charge is 2.27. The van der Waals surface area contributed by atoms with Crippen LogP contribution in [0.5, 0.6) is 0 Å². The molecule has 0 saturated carbocycles. The number of nitrogens with zero attached hydrogens (tertiary/aromatic N) is 3. The molecule has 0 unspecified atom stereocenters. The Bertz CT molecular complexity index is 962. The zero-order valence-electron chi connectivity index (χ0n) is 15.7. The van der Waals surface area contributed by atoms with Crippen LogP contribution in [0, 0.1) is 24.0 Å². The van der Waals surface area contributed by atoms with Crippen molar-refractivity contribution >= 4 is 27.6 Å². The summed E-state index contributed by atoms with van der Waals surface area (Å²) in [6.07, 6.45) is 1.56. The highest BCUT2D eigenvalue weighted by Crippen LogP contribution is 2.29. The molecule has 2 aromatic rings. The summed E-state index contributed by atoms with van der Waals surface area (Å²) in [6.45, 7) is 7.75. The van der Waals surface area contributed by atoms with Gasteiger partial charge in [-0.2, -0.15) is 9.41 Å². The molecule has 0 aliphatic carbocycles. The minimum Gasteiger partial charge on any atom is -0.362 e. The third-order valence-electron chi connectivity index (χ3n) is 4.08. The second-order valence-electron chi connectivity index (χ2n) is 5.93. The van der Waals surface area contributed by atoms with Crippen LogP contribution in [0.4, 0.5) is 11.4 Å². The number of aryl methyl sites for hydroxylation is 2. The summed E-state index contributed by atoms with van der Waals surface area (Å²) in [7, 11) is -3.90. The molecule has 0 bridgehead atoms. The molecular weight excluding hydrogens is 370 g/mol. The first-order valence-electron chi connectivity index (χ1n) is 8.44. The summed E-state index contributed by atoms with van der Waals surface area (Å²) in [5, 5.41) is 15.2. The van der Waals surface area contributed by atoms with E-state index in [2.05, 4.69) is 15.5 Å². The van der Waals surface area contributed by atoms with E-state index in [-0.39, 0.29) is 29.4 Å². The lowest BCUT2D eigenvalue weighted by atomic mass is 10.3. The molecule has 0 radical (unpaired) electrons. The largest absolute Gasteiger partial charge is 0.362 e. The topological polar surface area (TPSA) is 121 Å². The van der Waals surface area contributed by atoms with Gasteiger partial charge in [0.2, 0.25) is 10.0 Å². The Morgan fingerprint density at radius 2 is 1.93 bits per heavy atom. The Morgan fingerprint density at radius 3 is 2.44 bits per heavy atom. The molecule has 9 nitrogen and oxygen atoms in total. The Kier molecular flexibility index (Phi) is 6.34. The summed E-state index contributed by atoms with van der Waals surface area (Å²) in [5.41, 5.74) is 5.34.